The summed E-state index contributed by atoms with van der Waals surface area (Å²) in [7, 11) is 0. The molecule has 0 atom stereocenters. The number of hydrogen-bond donors (Lipinski definition) is 1. The Morgan fingerprint density at radius 1 is 0.457 bits per heavy atom. The Morgan fingerprint density at radius 2 is 0.914 bits per heavy atom. The van der Waals surface area contributed by atoms with Crippen LogP contribution < -0.4 is 5.32 Å². The summed E-state index contributed by atoms with van der Waals surface area (Å²) in [6, 6.07) is 23.1. The van der Waals surface area contributed by atoms with Crippen molar-refractivity contribution in [1.29, 1.82) is 0 Å². The number of hydrogen-bond acceptors (Lipinski definition) is 1. The maximum absolute atomic E-state index is 3.72. The van der Waals surface area contributed by atoms with Crippen molar-refractivity contribution in [3.63, 3.8) is 0 Å². The molecule has 0 radical (unpaired) electrons. The smallest absolute Gasteiger partial charge is 0.0390 e. The van der Waals surface area contributed by atoms with Crippen molar-refractivity contribution in [2.75, 3.05) is 5.32 Å². The summed E-state index contributed by atoms with van der Waals surface area (Å²) in [6.07, 6.45) is 4.97. The van der Waals surface area contributed by atoms with Gasteiger partial charge in [-0.1, -0.05) is 91.8 Å². The minimum Gasteiger partial charge on any atom is -0.356 e. The number of benzene rings is 3. The first kappa shape index (κ1) is 24.2. The summed E-state index contributed by atoms with van der Waals surface area (Å²) < 4.78 is 0. The van der Waals surface area contributed by atoms with Crippen molar-refractivity contribution in [1.82, 2.24) is 0 Å². The van der Waals surface area contributed by atoms with Gasteiger partial charge in [-0.15, -0.1) is 0 Å². The van der Waals surface area contributed by atoms with Crippen LogP contribution in [0.15, 0.2) is 60.7 Å². The first-order valence-electron chi connectivity index (χ1n) is 13.5. The number of nitrogens with one attached hydrogen (secondary N) is 1. The Hall–Kier alpha value is -2.54. The topological polar surface area (TPSA) is 12.0 Å². The molecule has 5 rings (SSSR count). The fourth-order valence-electron chi connectivity index (χ4n) is 6.38. The van der Waals surface area contributed by atoms with Crippen LogP contribution in [0.4, 0.5) is 11.4 Å². The summed E-state index contributed by atoms with van der Waals surface area (Å²) in [4.78, 5) is 0. The molecule has 0 spiro atoms. The third kappa shape index (κ3) is 4.32. The summed E-state index contributed by atoms with van der Waals surface area (Å²) in [6.45, 7) is 19.2. The second-order valence-corrected chi connectivity index (χ2v) is 13.8. The van der Waals surface area contributed by atoms with Crippen LogP contribution in [0.25, 0.3) is 11.1 Å². The SMILES string of the molecule is CC1(C)CCC(C)(C)c2cc(Nc3cccc(-c4ccc5c(c4)C(C)(C)CCC5(C)C)c3)ccc21. The lowest BCUT2D eigenvalue weighted by molar-refractivity contribution is 0.332. The van der Waals surface area contributed by atoms with E-state index >= 15 is 0 Å². The lowest BCUT2D eigenvalue weighted by Crippen LogP contribution is -2.33. The van der Waals surface area contributed by atoms with E-state index in [-0.39, 0.29) is 21.7 Å². The van der Waals surface area contributed by atoms with E-state index in [0.29, 0.717) is 0 Å². The molecule has 0 saturated carbocycles. The molecule has 1 nitrogen and oxygen atoms in total. The molecule has 184 valence electrons. The Morgan fingerprint density at radius 3 is 1.51 bits per heavy atom. The van der Waals surface area contributed by atoms with Gasteiger partial charge in [0.25, 0.3) is 0 Å². The quantitative estimate of drug-likeness (QED) is 0.406. The van der Waals surface area contributed by atoms with E-state index in [4.69, 9.17) is 0 Å². The number of rotatable bonds is 3. The van der Waals surface area contributed by atoms with Gasteiger partial charge in [0.2, 0.25) is 0 Å². The lowest BCUT2D eigenvalue weighted by atomic mass is 9.63. The minimum absolute atomic E-state index is 0.216. The van der Waals surface area contributed by atoms with Gasteiger partial charge in [0, 0.05) is 11.4 Å². The molecule has 0 bridgehead atoms. The van der Waals surface area contributed by atoms with Crippen LogP contribution in [-0.2, 0) is 21.7 Å². The van der Waals surface area contributed by atoms with Crippen LogP contribution in [0.2, 0.25) is 0 Å². The van der Waals surface area contributed by atoms with Gasteiger partial charge in [-0.05, 0) is 105 Å². The van der Waals surface area contributed by atoms with E-state index in [0.717, 1.165) is 5.69 Å². The molecule has 1 heteroatoms. The Bertz CT molecular complexity index is 1270. The summed E-state index contributed by atoms with van der Waals surface area (Å²) in [5.41, 5.74) is 11.9. The van der Waals surface area contributed by atoms with Gasteiger partial charge in [0.1, 0.15) is 0 Å². The van der Waals surface area contributed by atoms with E-state index in [1.807, 2.05) is 0 Å². The van der Waals surface area contributed by atoms with Crippen molar-refractivity contribution < 1.29 is 0 Å². The van der Waals surface area contributed by atoms with Gasteiger partial charge >= 0.3 is 0 Å². The second kappa shape index (κ2) is 7.99. The highest BCUT2D eigenvalue weighted by molar-refractivity contribution is 5.73. The van der Waals surface area contributed by atoms with Crippen molar-refractivity contribution in [2.45, 2.75) is 103 Å². The van der Waals surface area contributed by atoms with Gasteiger partial charge < -0.3 is 5.32 Å². The van der Waals surface area contributed by atoms with Crippen molar-refractivity contribution in [3.8, 4) is 11.1 Å². The maximum Gasteiger partial charge on any atom is 0.0390 e. The van der Waals surface area contributed by atoms with Gasteiger partial charge in [0.15, 0.2) is 0 Å². The van der Waals surface area contributed by atoms with E-state index in [9.17, 15) is 0 Å². The molecule has 1 N–H and O–H groups in total. The summed E-state index contributed by atoms with van der Waals surface area (Å²) >= 11 is 0. The third-order valence-corrected chi connectivity index (χ3v) is 9.19. The molecule has 0 aliphatic heterocycles. The first-order valence-corrected chi connectivity index (χ1v) is 13.5. The highest BCUT2D eigenvalue weighted by Gasteiger charge is 2.38. The minimum atomic E-state index is 0.216. The number of fused-ring (bicyclic) bond motifs is 2. The third-order valence-electron chi connectivity index (χ3n) is 9.19. The summed E-state index contributed by atoms with van der Waals surface area (Å²) in [5.74, 6) is 0. The van der Waals surface area contributed by atoms with E-state index in [2.05, 4.69) is 121 Å². The predicted molar refractivity (Wildman–Crippen MR) is 152 cm³/mol. The van der Waals surface area contributed by atoms with Crippen LogP contribution in [0.1, 0.15) is 103 Å². The Kier molecular flexibility index (Phi) is 5.51. The molecule has 0 unspecified atom stereocenters. The lowest BCUT2D eigenvalue weighted by Gasteiger charge is -2.42. The monoisotopic (exact) mass is 465 g/mol. The highest BCUT2D eigenvalue weighted by Crippen LogP contribution is 2.48. The van der Waals surface area contributed by atoms with E-state index < -0.39 is 0 Å². The zero-order valence-electron chi connectivity index (χ0n) is 23.1. The van der Waals surface area contributed by atoms with E-state index in [1.54, 1.807) is 0 Å². The average Bonchev–Trinajstić information content (AvgIpc) is 2.80. The normalized spacial score (nSPS) is 21.0. The molecule has 35 heavy (non-hydrogen) atoms. The number of anilines is 2. The summed E-state index contributed by atoms with van der Waals surface area (Å²) in [5, 5.41) is 3.72. The molecule has 0 amide bonds. The van der Waals surface area contributed by atoms with Gasteiger partial charge in [-0.25, -0.2) is 0 Å². The maximum atomic E-state index is 3.72. The van der Waals surface area contributed by atoms with E-state index in [1.165, 1.54) is 64.8 Å². The molecule has 3 aromatic carbocycles. The zero-order valence-corrected chi connectivity index (χ0v) is 23.1. The standard InChI is InChI=1S/C34H43N/c1-31(2)16-18-33(5,6)29-21-24(12-14-27(29)31)23-10-9-11-25(20-23)35-26-13-15-28-30(22-26)34(7,8)19-17-32(28,3)4/h9-15,20-22,35H,16-19H2,1-8H3. The average molecular weight is 466 g/mol. The molecular formula is C34H43N. The highest BCUT2D eigenvalue weighted by atomic mass is 14.9. The Labute approximate surface area is 213 Å². The molecule has 3 aromatic rings. The van der Waals surface area contributed by atoms with Crippen LogP contribution in [0.5, 0.6) is 0 Å². The fraction of sp³-hybridized carbons (Fsp3) is 0.471. The molecule has 0 heterocycles. The van der Waals surface area contributed by atoms with Gasteiger partial charge in [-0.2, -0.15) is 0 Å². The largest absolute Gasteiger partial charge is 0.356 e. The van der Waals surface area contributed by atoms with Gasteiger partial charge in [0.05, 0.1) is 0 Å². The molecule has 0 fully saturated rings. The fourth-order valence-corrected chi connectivity index (χ4v) is 6.38. The molecule has 0 aromatic heterocycles. The zero-order chi connectivity index (χ0) is 25.2. The second-order valence-electron chi connectivity index (χ2n) is 13.8. The van der Waals surface area contributed by atoms with Crippen molar-refractivity contribution in [2.24, 2.45) is 0 Å². The molecular weight excluding hydrogens is 422 g/mol. The van der Waals surface area contributed by atoms with Crippen molar-refractivity contribution >= 4 is 11.4 Å². The molecule has 2 aliphatic carbocycles. The van der Waals surface area contributed by atoms with Crippen molar-refractivity contribution in [3.05, 3.63) is 82.9 Å². The van der Waals surface area contributed by atoms with Crippen LogP contribution in [0, 0.1) is 0 Å². The molecule has 2 aliphatic rings. The van der Waals surface area contributed by atoms with Gasteiger partial charge in [-0.3, -0.25) is 0 Å². The molecule has 0 saturated heterocycles. The van der Waals surface area contributed by atoms with Crippen LogP contribution >= 0.6 is 0 Å². The Balaban J connectivity index is 1.48. The first-order chi connectivity index (χ1) is 16.3. The van der Waals surface area contributed by atoms with Crippen LogP contribution in [0.3, 0.4) is 0 Å². The predicted octanol–water partition coefficient (Wildman–Crippen LogP) is 9.80. The van der Waals surface area contributed by atoms with Crippen LogP contribution in [-0.4, -0.2) is 0 Å².